The summed E-state index contributed by atoms with van der Waals surface area (Å²) < 4.78 is 2.62. The van der Waals surface area contributed by atoms with Gasteiger partial charge in [-0.3, -0.25) is 0 Å². The number of nitrogens with zero attached hydrogens (tertiary/aromatic N) is 1. The Labute approximate surface area is 284 Å². The Balaban J connectivity index is 1.11. The third-order valence-corrected chi connectivity index (χ3v) is 10.4. The highest BCUT2D eigenvalue weighted by Crippen LogP contribution is 2.42. The highest BCUT2D eigenvalue weighted by molar-refractivity contribution is 7.25. The van der Waals surface area contributed by atoms with Gasteiger partial charge in [0.2, 0.25) is 0 Å². The predicted octanol–water partition coefficient (Wildman–Crippen LogP) is 13.7. The van der Waals surface area contributed by atoms with Crippen molar-refractivity contribution < 1.29 is 0 Å². The van der Waals surface area contributed by atoms with Crippen LogP contribution in [0, 0.1) is 0 Å². The van der Waals surface area contributed by atoms with Gasteiger partial charge >= 0.3 is 0 Å². The molecule has 1 nitrogen and oxygen atoms in total. The number of hydrogen-bond donors (Lipinski definition) is 0. The van der Waals surface area contributed by atoms with Gasteiger partial charge < -0.3 is 4.90 Å². The zero-order chi connectivity index (χ0) is 31.9. The van der Waals surface area contributed by atoms with Crippen LogP contribution >= 0.6 is 11.3 Å². The van der Waals surface area contributed by atoms with Crippen LogP contribution in [0.25, 0.3) is 64.3 Å². The maximum absolute atomic E-state index is 2.35. The second kappa shape index (κ2) is 12.0. The minimum atomic E-state index is 1.13. The molecule has 1 aromatic heterocycles. The van der Waals surface area contributed by atoms with Gasteiger partial charge in [-0.25, -0.2) is 0 Å². The van der Waals surface area contributed by atoms with Crippen molar-refractivity contribution in [2.24, 2.45) is 0 Å². The maximum Gasteiger partial charge on any atom is 0.0476 e. The summed E-state index contributed by atoms with van der Waals surface area (Å²) in [6, 6.07) is 68.1. The molecule has 226 valence electrons. The summed E-state index contributed by atoms with van der Waals surface area (Å²) in [7, 11) is 0. The zero-order valence-electron chi connectivity index (χ0n) is 26.3. The van der Waals surface area contributed by atoms with Gasteiger partial charge in [-0.1, -0.05) is 140 Å². The fourth-order valence-electron chi connectivity index (χ4n) is 6.99. The van der Waals surface area contributed by atoms with E-state index in [4.69, 9.17) is 0 Å². The van der Waals surface area contributed by atoms with Crippen LogP contribution in [-0.2, 0) is 0 Å². The standard InChI is InChI=1S/C46H31NS/c1-3-12-33(13-4-1)40-21-10-14-34-15-11-22-41(46(34)40)36-17-9-16-35(30-36)32-24-26-38(27-25-32)47(37-18-5-2-6-19-37)39-28-29-43-42-20-7-8-23-44(42)48-45(43)31-39/h1-31H. The molecule has 0 bridgehead atoms. The minimum absolute atomic E-state index is 1.13. The molecule has 0 aliphatic carbocycles. The SMILES string of the molecule is c1ccc(-c2cccc3cccc(-c4cccc(-c5ccc(N(c6ccccc6)c6ccc7c(c6)sc6ccccc67)cc5)c4)c23)cc1. The van der Waals surface area contributed by atoms with E-state index in [2.05, 4.69) is 193 Å². The fraction of sp³-hybridized carbons (Fsp3) is 0. The second-order valence-electron chi connectivity index (χ2n) is 12.2. The molecule has 0 unspecified atom stereocenters. The summed E-state index contributed by atoms with van der Waals surface area (Å²) in [5.41, 5.74) is 10.8. The van der Waals surface area contributed by atoms with Gasteiger partial charge in [-0.05, 0) is 92.7 Å². The summed E-state index contributed by atoms with van der Waals surface area (Å²) in [4.78, 5) is 2.35. The van der Waals surface area contributed by atoms with E-state index in [0.29, 0.717) is 0 Å². The van der Waals surface area contributed by atoms with Crippen LogP contribution in [0.2, 0.25) is 0 Å². The lowest BCUT2D eigenvalue weighted by atomic mass is 9.90. The smallest absolute Gasteiger partial charge is 0.0476 e. The number of anilines is 3. The van der Waals surface area contributed by atoms with Crippen molar-refractivity contribution in [3.63, 3.8) is 0 Å². The Hall–Kier alpha value is -5.96. The van der Waals surface area contributed by atoms with Gasteiger partial charge in [0, 0.05) is 37.2 Å². The summed E-state index contributed by atoms with van der Waals surface area (Å²) in [6.07, 6.45) is 0. The van der Waals surface area contributed by atoms with Crippen molar-refractivity contribution in [2.75, 3.05) is 4.90 Å². The average Bonchev–Trinajstić information content (AvgIpc) is 3.54. The number of thiophene rings is 1. The molecule has 9 rings (SSSR count). The first-order valence-corrected chi connectivity index (χ1v) is 17.2. The Morgan fingerprint density at radius 3 is 1.71 bits per heavy atom. The maximum atomic E-state index is 2.35. The third-order valence-electron chi connectivity index (χ3n) is 9.26. The molecule has 0 aliphatic rings. The molecule has 1 heterocycles. The van der Waals surface area contributed by atoms with E-state index < -0.39 is 0 Å². The van der Waals surface area contributed by atoms with E-state index in [1.54, 1.807) is 0 Å². The Kier molecular flexibility index (Phi) is 7.07. The van der Waals surface area contributed by atoms with E-state index >= 15 is 0 Å². The summed E-state index contributed by atoms with van der Waals surface area (Å²) >= 11 is 1.86. The van der Waals surface area contributed by atoms with E-state index in [-0.39, 0.29) is 0 Å². The Morgan fingerprint density at radius 2 is 0.917 bits per heavy atom. The molecule has 2 heteroatoms. The second-order valence-corrected chi connectivity index (χ2v) is 13.2. The van der Waals surface area contributed by atoms with Gasteiger partial charge in [0.15, 0.2) is 0 Å². The molecule has 0 radical (unpaired) electrons. The number of para-hydroxylation sites is 1. The third kappa shape index (κ3) is 5.04. The van der Waals surface area contributed by atoms with Crippen LogP contribution in [0.4, 0.5) is 17.1 Å². The molecular weight excluding hydrogens is 599 g/mol. The van der Waals surface area contributed by atoms with Crippen molar-refractivity contribution in [1.29, 1.82) is 0 Å². The van der Waals surface area contributed by atoms with Crippen LogP contribution in [0.15, 0.2) is 188 Å². The molecule has 0 atom stereocenters. The van der Waals surface area contributed by atoms with Crippen molar-refractivity contribution in [2.45, 2.75) is 0 Å². The molecule has 0 fully saturated rings. The normalized spacial score (nSPS) is 11.3. The van der Waals surface area contributed by atoms with Crippen molar-refractivity contribution in [3.05, 3.63) is 188 Å². The van der Waals surface area contributed by atoms with Gasteiger partial charge in [-0.15, -0.1) is 11.3 Å². The first-order chi connectivity index (χ1) is 23.8. The Morgan fingerprint density at radius 1 is 0.333 bits per heavy atom. The molecular formula is C46H31NS. The van der Waals surface area contributed by atoms with E-state index in [1.165, 1.54) is 64.3 Å². The largest absolute Gasteiger partial charge is 0.310 e. The number of hydrogen-bond acceptors (Lipinski definition) is 2. The lowest BCUT2D eigenvalue weighted by Crippen LogP contribution is -2.09. The molecule has 0 amide bonds. The molecule has 0 N–H and O–H groups in total. The van der Waals surface area contributed by atoms with E-state index in [0.717, 1.165) is 17.1 Å². The first kappa shape index (κ1) is 28.3. The number of benzene rings is 8. The lowest BCUT2D eigenvalue weighted by Gasteiger charge is -2.25. The molecule has 0 aliphatic heterocycles. The molecule has 8 aromatic carbocycles. The molecule has 0 spiro atoms. The monoisotopic (exact) mass is 629 g/mol. The Bertz CT molecular complexity index is 2540. The number of fused-ring (bicyclic) bond motifs is 4. The predicted molar refractivity (Wildman–Crippen MR) is 208 cm³/mol. The summed E-state index contributed by atoms with van der Waals surface area (Å²) in [5, 5.41) is 5.16. The summed E-state index contributed by atoms with van der Waals surface area (Å²) in [6.45, 7) is 0. The summed E-state index contributed by atoms with van der Waals surface area (Å²) in [5.74, 6) is 0. The molecule has 0 saturated carbocycles. The van der Waals surface area contributed by atoms with Crippen LogP contribution in [0.5, 0.6) is 0 Å². The van der Waals surface area contributed by atoms with E-state index in [1.807, 2.05) is 11.3 Å². The quantitative estimate of drug-likeness (QED) is 0.177. The lowest BCUT2D eigenvalue weighted by molar-refractivity contribution is 1.29. The van der Waals surface area contributed by atoms with Gasteiger partial charge in [0.1, 0.15) is 0 Å². The first-order valence-electron chi connectivity index (χ1n) is 16.3. The average molecular weight is 630 g/mol. The number of rotatable bonds is 6. The van der Waals surface area contributed by atoms with Crippen molar-refractivity contribution in [1.82, 2.24) is 0 Å². The van der Waals surface area contributed by atoms with Crippen LogP contribution < -0.4 is 4.90 Å². The van der Waals surface area contributed by atoms with Crippen LogP contribution in [0.1, 0.15) is 0 Å². The van der Waals surface area contributed by atoms with Gasteiger partial charge in [0.25, 0.3) is 0 Å². The highest BCUT2D eigenvalue weighted by Gasteiger charge is 2.15. The topological polar surface area (TPSA) is 3.24 Å². The van der Waals surface area contributed by atoms with Crippen LogP contribution in [-0.4, -0.2) is 0 Å². The molecule has 48 heavy (non-hydrogen) atoms. The molecule has 9 aromatic rings. The zero-order valence-corrected chi connectivity index (χ0v) is 27.1. The molecule has 0 saturated heterocycles. The van der Waals surface area contributed by atoms with Crippen LogP contribution in [0.3, 0.4) is 0 Å². The van der Waals surface area contributed by atoms with Crippen molar-refractivity contribution in [3.8, 4) is 33.4 Å². The van der Waals surface area contributed by atoms with Gasteiger partial charge in [-0.2, -0.15) is 0 Å². The fourth-order valence-corrected chi connectivity index (χ4v) is 8.13. The van der Waals surface area contributed by atoms with Crippen molar-refractivity contribution >= 4 is 59.3 Å². The van der Waals surface area contributed by atoms with Gasteiger partial charge in [0.05, 0.1) is 0 Å². The minimum Gasteiger partial charge on any atom is -0.310 e. The highest BCUT2D eigenvalue weighted by atomic mass is 32.1. The van der Waals surface area contributed by atoms with E-state index in [9.17, 15) is 0 Å².